The zero-order chi connectivity index (χ0) is 22.6. The van der Waals surface area contributed by atoms with Gasteiger partial charge in [0.2, 0.25) is 21.1 Å². The minimum atomic E-state index is -3.65. The number of thioether (sulfide) groups is 1. The highest BCUT2D eigenvalue weighted by atomic mass is 32.2. The van der Waals surface area contributed by atoms with E-state index in [1.54, 1.807) is 24.5 Å². The van der Waals surface area contributed by atoms with E-state index < -0.39 is 10.0 Å². The zero-order valence-electron chi connectivity index (χ0n) is 17.6. The summed E-state index contributed by atoms with van der Waals surface area (Å²) in [4.78, 5) is 21.0. The van der Waals surface area contributed by atoms with Gasteiger partial charge >= 0.3 is 0 Å². The van der Waals surface area contributed by atoms with Gasteiger partial charge in [0, 0.05) is 25.5 Å². The van der Waals surface area contributed by atoms with Crippen molar-refractivity contribution in [3.05, 3.63) is 36.7 Å². The van der Waals surface area contributed by atoms with Crippen LogP contribution in [0.25, 0.3) is 5.78 Å². The Kier molecular flexibility index (Phi) is 6.92. The van der Waals surface area contributed by atoms with E-state index in [0.717, 1.165) is 37.4 Å². The fourth-order valence-corrected chi connectivity index (χ4v) is 5.64. The Hall–Kier alpha value is -2.70. The second-order valence-electron chi connectivity index (χ2n) is 7.28. The molecule has 3 heterocycles. The van der Waals surface area contributed by atoms with Crippen LogP contribution < -0.4 is 10.1 Å². The number of nitrogens with zero attached hydrogens (tertiary/aromatic N) is 5. The lowest BCUT2D eigenvalue weighted by Crippen LogP contribution is -2.32. The van der Waals surface area contributed by atoms with Gasteiger partial charge in [-0.05, 0) is 37.1 Å². The summed E-state index contributed by atoms with van der Waals surface area (Å²) in [7, 11) is -2.18. The number of aromatic nitrogens is 4. The Morgan fingerprint density at radius 1 is 1.22 bits per heavy atom. The van der Waals surface area contributed by atoms with Gasteiger partial charge in [-0.15, -0.1) is 5.10 Å². The molecule has 0 saturated carbocycles. The van der Waals surface area contributed by atoms with Crippen molar-refractivity contribution >= 4 is 39.2 Å². The van der Waals surface area contributed by atoms with E-state index >= 15 is 0 Å². The molecule has 1 aromatic carbocycles. The zero-order valence-corrected chi connectivity index (χ0v) is 19.2. The number of hydrogen-bond acceptors (Lipinski definition) is 8. The van der Waals surface area contributed by atoms with Gasteiger partial charge in [-0.2, -0.15) is 9.29 Å². The molecule has 1 N–H and O–H groups in total. The molecule has 2 aromatic heterocycles. The highest BCUT2D eigenvalue weighted by Crippen LogP contribution is 2.30. The number of amides is 1. The number of benzene rings is 1. The van der Waals surface area contributed by atoms with E-state index in [9.17, 15) is 13.2 Å². The van der Waals surface area contributed by atoms with Crippen molar-refractivity contribution in [2.75, 3.05) is 31.3 Å². The maximum atomic E-state index is 13.1. The van der Waals surface area contributed by atoms with Gasteiger partial charge in [0.25, 0.3) is 5.78 Å². The predicted octanol–water partition coefficient (Wildman–Crippen LogP) is 2.43. The maximum absolute atomic E-state index is 13.1. The van der Waals surface area contributed by atoms with Gasteiger partial charge in [0.15, 0.2) is 0 Å². The molecule has 12 heteroatoms. The first-order chi connectivity index (χ1) is 15.5. The third-order valence-corrected chi connectivity index (χ3v) is 7.81. The largest absolute Gasteiger partial charge is 0.495 e. The van der Waals surface area contributed by atoms with Crippen LogP contribution in [0.2, 0.25) is 0 Å². The molecule has 1 amide bonds. The van der Waals surface area contributed by atoms with Crippen molar-refractivity contribution in [2.24, 2.45) is 0 Å². The number of carbonyl (C=O) groups excluding carboxylic acids is 1. The fourth-order valence-electron chi connectivity index (χ4n) is 3.47. The smallest absolute Gasteiger partial charge is 0.253 e. The van der Waals surface area contributed by atoms with Crippen molar-refractivity contribution in [1.82, 2.24) is 23.9 Å². The van der Waals surface area contributed by atoms with Crippen LogP contribution in [-0.2, 0) is 14.8 Å². The summed E-state index contributed by atoms with van der Waals surface area (Å²) < 4.78 is 34.6. The molecule has 0 spiro atoms. The second kappa shape index (κ2) is 9.84. The van der Waals surface area contributed by atoms with Gasteiger partial charge in [0.1, 0.15) is 5.75 Å². The van der Waals surface area contributed by atoms with Crippen LogP contribution in [-0.4, -0.2) is 64.2 Å². The quantitative estimate of drug-likeness (QED) is 0.517. The van der Waals surface area contributed by atoms with Gasteiger partial charge in [-0.25, -0.2) is 17.9 Å². The first-order valence-corrected chi connectivity index (χ1v) is 12.7. The lowest BCUT2D eigenvalue weighted by Gasteiger charge is -2.21. The molecule has 170 valence electrons. The van der Waals surface area contributed by atoms with Crippen LogP contribution in [0.15, 0.2) is 46.7 Å². The SMILES string of the molecule is COc1ccc(S(=O)(=O)N2CCCCCC2)cc1NC(=O)CSc1nc2ncccn2n1. The number of fused-ring (bicyclic) bond motifs is 1. The van der Waals surface area contributed by atoms with E-state index in [1.165, 1.54) is 28.1 Å². The first kappa shape index (κ1) is 22.5. The van der Waals surface area contributed by atoms with Crippen LogP contribution in [0.3, 0.4) is 0 Å². The molecular formula is C20H24N6O4S2. The number of rotatable bonds is 7. The second-order valence-corrected chi connectivity index (χ2v) is 10.2. The predicted molar refractivity (Wildman–Crippen MR) is 120 cm³/mol. The topological polar surface area (TPSA) is 119 Å². The average molecular weight is 477 g/mol. The van der Waals surface area contributed by atoms with E-state index in [-0.39, 0.29) is 16.6 Å². The highest BCUT2D eigenvalue weighted by molar-refractivity contribution is 7.99. The molecule has 0 unspecified atom stereocenters. The average Bonchev–Trinajstić information content (AvgIpc) is 3.00. The van der Waals surface area contributed by atoms with Crippen molar-refractivity contribution in [1.29, 1.82) is 0 Å². The number of sulfonamides is 1. The van der Waals surface area contributed by atoms with E-state index in [4.69, 9.17) is 4.74 Å². The van der Waals surface area contributed by atoms with E-state index in [1.807, 2.05) is 0 Å². The van der Waals surface area contributed by atoms with Crippen molar-refractivity contribution in [3.8, 4) is 5.75 Å². The van der Waals surface area contributed by atoms with E-state index in [2.05, 4.69) is 20.4 Å². The minimum Gasteiger partial charge on any atom is -0.495 e. The Bertz CT molecular complexity index is 1170. The normalized spacial score (nSPS) is 15.4. The molecule has 1 aliphatic heterocycles. The number of methoxy groups -OCH3 is 1. The Labute approximate surface area is 190 Å². The molecule has 1 saturated heterocycles. The first-order valence-electron chi connectivity index (χ1n) is 10.3. The maximum Gasteiger partial charge on any atom is 0.253 e. The standard InChI is InChI=1S/C20H24N6O4S2/c1-30-17-8-7-15(32(28,29)25-10-4-2-3-5-11-25)13-16(17)22-18(27)14-31-20-23-19-21-9-6-12-26(19)24-20/h6-9,12-13H,2-5,10-11,14H2,1H3,(H,22,27). The van der Waals surface area contributed by atoms with Crippen LogP contribution in [0.1, 0.15) is 25.7 Å². The van der Waals surface area contributed by atoms with Gasteiger partial charge < -0.3 is 10.1 Å². The Morgan fingerprint density at radius 3 is 2.72 bits per heavy atom. The molecule has 1 fully saturated rings. The van der Waals surface area contributed by atoms with Crippen LogP contribution in [0, 0.1) is 0 Å². The Balaban J connectivity index is 1.47. The van der Waals surface area contributed by atoms with Crippen LogP contribution >= 0.6 is 11.8 Å². The number of hydrogen-bond donors (Lipinski definition) is 1. The summed E-state index contributed by atoms with van der Waals surface area (Å²) in [6, 6.07) is 6.26. The molecule has 32 heavy (non-hydrogen) atoms. The number of ether oxygens (including phenoxy) is 1. The van der Waals surface area contributed by atoms with Gasteiger partial charge in [-0.1, -0.05) is 24.6 Å². The van der Waals surface area contributed by atoms with Crippen molar-refractivity contribution < 1.29 is 17.9 Å². The summed E-state index contributed by atoms with van der Waals surface area (Å²) >= 11 is 1.16. The molecule has 0 bridgehead atoms. The van der Waals surface area contributed by atoms with Gasteiger partial charge in [-0.3, -0.25) is 4.79 Å². The van der Waals surface area contributed by atoms with Crippen molar-refractivity contribution in [3.63, 3.8) is 0 Å². The third kappa shape index (κ3) is 5.03. The molecule has 4 rings (SSSR count). The summed E-state index contributed by atoms with van der Waals surface area (Å²) in [5.74, 6) is 0.546. The lowest BCUT2D eigenvalue weighted by molar-refractivity contribution is -0.113. The fraction of sp³-hybridized carbons (Fsp3) is 0.400. The summed E-state index contributed by atoms with van der Waals surface area (Å²) in [5, 5.41) is 7.42. The summed E-state index contributed by atoms with van der Waals surface area (Å²) in [5.41, 5.74) is 0.304. The van der Waals surface area contributed by atoms with Crippen LogP contribution in [0.5, 0.6) is 5.75 Å². The number of carbonyl (C=O) groups is 1. The van der Waals surface area contributed by atoms with E-state index in [0.29, 0.717) is 35.5 Å². The Morgan fingerprint density at radius 2 is 2.00 bits per heavy atom. The lowest BCUT2D eigenvalue weighted by atomic mass is 10.2. The molecular weight excluding hydrogens is 452 g/mol. The molecule has 0 atom stereocenters. The monoisotopic (exact) mass is 476 g/mol. The molecule has 0 aliphatic carbocycles. The molecule has 3 aromatic rings. The molecule has 0 radical (unpaired) electrons. The summed E-state index contributed by atoms with van der Waals surface area (Å²) in [6.45, 7) is 1.02. The minimum absolute atomic E-state index is 0.0448. The number of anilines is 1. The molecule has 1 aliphatic rings. The highest BCUT2D eigenvalue weighted by Gasteiger charge is 2.26. The molecule has 10 nitrogen and oxygen atoms in total. The van der Waals surface area contributed by atoms with Crippen molar-refractivity contribution in [2.45, 2.75) is 35.7 Å². The summed E-state index contributed by atoms with van der Waals surface area (Å²) in [6.07, 6.45) is 7.10. The van der Waals surface area contributed by atoms with Crippen LogP contribution in [0.4, 0.5) is 5.69 Å². The third-order valence-electron chi connectivity index (χ3n) is 5.08. The van der Waals surface area contributed by atoms with Gasteiger partial charge in [0.05, 0.1) is 23.4 Å². The number of nitrogens with one attached hydrogen (secondary N) is 1.